The highest BCUT2D eigenvalue weighted by Crippen LogP contribution is 2.33. The molecule has 0 atom stereocenters. The molecule has 0 aromatic heterocycles. The van der Waals surface area contributed by atoms with E-state index in [0.717, 1.165) is 10.0 Å². The first-order valence-corrected chi connectivity index (χ1v) is 4.77. The van der Waals surface area contributed by atoms with E-state index in [-0.39, 0.29) is 0 Å². The molecule has 3 heteroatoms. The van der Waals surface area contributed by atoms with Crippen molar-refractivity contribution in [3.63, 3.8) is 0 Å². The smallest absolute Gasteiger partial charge is 0.0865 e. The molecule has 0 aliphatic carbocycles. The van der Waals surface area contributed by atoms with Crippen LogP contribution in [0, 0.1) is 0 Å². The Morgan fingerprint density at radius 3 is 2.33 bits per heavy atom. The molecule has 1 aromatic rings. The second-order valence-corrected chi connectivity index (χ2v) is 4.42. The van der Waals surface area contributed by atoms with Crippen LogP contribution in [0.3, 0.4) is 0 Å². The predicted octanol–water partition coefficient (Wildman–Crippen LogP) is 3.33. The Bertz CT molecular complexity index is 271. The third-order valence-corrected chi connectivity index (χ3v) is 2.55. The van der Waals surface area contributed by atoms with E-state index in [1.807, 2.05) is 12.1 Å². The minimum absolute atomic E-state index is 0.580. The second kappa shape index (κ2) is 3.36. The van der Waals surface area contributed by atoms with Crippen LogP contribution in [0.25, 0.3) is 0 Å². The van der Waals surface area contributed by atoms with Crippen molar-refractivity contribution in [2.75, 3.05) is 0 Å². The lowest BCUT2D eigenvalue weighted by molar-refractivity contribution is 0.0779. The van der Waals surface area contributed by atoms with Crippen molar-refractivity contribution in [2.24, 2.45) is 0 Å². The first-order valence-electron chi connectivity index (χ1n) is 3.60. The molecule has 66 valence electrons. The second-order valence-electron chi connectivity index (χ2n) is 3.16. The summed E-state index contributed by atoms with van der Waals surface area (Å²) < 4.78 is 0.836. The van der Waals surface area contributed by atoms with Crippen LogP contribution in [-0.4, -0.2) is 5.11 Å². The lowest BCUT2D eigenvalue weighted by atomic mass is 9.99. The Morgan fingerprint density at radius 1 is 1.42 bits per heavy atom. The van der Waals surface area contributed by atoms with Gasteiger partial charge in [-0.3, -0.25) is 0 Å². The van der Waals surface area contributed by atoms with E-state index in [9.17, 15) is 5.11 Å². The van der Waals surface area contributed by atoms with Gasteiger partial charge in [0.2, 0.25) is 0 Å². The third kappa shape index (κ3) is 2.00. The van der Waals surface area contributed by atoms with Gasteiger partial charge in [0.1, 0.15) is 0 Å². The molecule has 1 N–H and O–H groups in total. The highest BCUT2D eigenvalue weighted by Gasteiger charge is 2.21. The molecule has 1 nitrogen and oxygen atoms in total. The van der Waals surface area contributed by atoms with Gasteiger partial charge in [0.05, 0.1) is 5.60 Å². The van der Waals surface area contributed by atoms with Crippen LogP contribution in [0.4, 0.5) is 0 Å². The van der Waals surface area contributed by atoms with Crippen LogP contribution in [0.1, 0.15) is 19.4 Å². The highest BCUT2D eigenvalue weighted by atomic mass is 79.9. The van der Waals surface area contributed by atoms with E-state index in [1.165, 1.54) is 0 Å². The summed E-state index contributed by atoms with van der Waals surface area (Å²) in [6.07, 6.45) is 0. The average molecular weight is 250 g/mol. The molecule has 0 aliphatic rings. The quantitative estimate of drug-likeness (QED) is 0.809. The first kappa shape index (κ1) is 10.0. The zero-order valence-electron chi connectivity index (χ0n) is 6.94. The van der Waals surface area contributed by atoms with E-state index in [0.29, 0.717) is 5.02 Å². The Balaban J connectivity index is 3.31. The van der Waals surface area contributed by atoms with Crippen molar-refractivity contribution in [3.05, 3.63) is 33.3 Å². The van der Waals surface area contributed by atoms with E-state index >= 15 is 0 Å². The van der Waals surface area contributed by atoms with E-state index in [2.05, 4.69) is 15.9 Å². The molecule has 0 bridgehead atoms. The number of hydrogen-bond acceptors (Lipinski definition) is 1. The van der Waals surface area contributed by atoms with E-state index in [1.54, 1.807) is 19.9 Å². The van der Waals surface area contributed by atoms with Gasteiger partial charge in [-0.1, -0.05) is 33.6 Å². The Kier molecular flexibility index (Phi) is 2.81. The average Bonchev–Trinajstić information content (AvgIpc) is 1.82. The first-order chi connectivity index (χ1) is 5.43. The highest BCUT2D eigenvalue weighted by molar-refractivity contribution is 9.10. The van der Waals surface area contributed by atoms with Crippen LogP contribution in [0.5, 0.6) is 0 Å². The van der Waals surface area contributed by atoms with Crippen LogP contribution in [0.15, 0.2) is 22.7 Å². The Morgan fingerprint density at radius 2 is 2.00 bits per heavy atom. The summed E-state index contributed by atoms with van der Waals surface area (Å²) in [4.78, 5) is 0. The summed E-state index contributed by atoms with van der Waals surface area (Å²) in [6.45, 7) is 3.41. The zero-order valence-corrected chi connectivity index (χ0v) is 9.28. The molecule has 0 unspecified atom stereocenters. The van der Waals surface area contributed by atoms with E-state index in [4.69, 9.17) is 11.6 Å². The van der Waals surface area contributed by atoms with Gasteiger partial charge in [0, 0.05) is 15.1 Å². The van der Waals surface area contributed by atoms with Crippen LogP contribution >= 0.6 is 27.5 Å². The molecule has 0 spiro atoms. The van der Waals surface area contributed by atoms with Gasteiger partial charge >= 0.3 is 0 Å². The van der Waals surface area contributed by atoms with Gasteiger partial charge in [0.15, 0.2) is 0 Å². The molecule has 1 rings (SSSR count). The predicted molar refractivity (Wildman–Crippen MR) is 54.4 cm³/mol. The molecule has 0 radical (unpaired) electrons. The molecule has 1 aromatic carbocycles. The summed E-state index contributed by atoms with van der Waals surface area (Å²) in [5, 5.41) is 10.3. The van der Waals surface area contributed by atoms with Gasteiger partial charge in [-0.2, -0.15) is 0 Å². The molecule has 0 amide bonds. The number of aliphatic hydroxyl groups is 1. The summed E-state index contributed by atoms with van der Waals surface area (Å²) in [6, 6.07) is 5.46. The third-order valence-electron chi connectivity index (χ3n) is 1.57. The van der Waals surface area contributed by atoms with Crippen LogP contribution in [0.2, 0.25) is 5.02 Å². The molecular formula is C9H10BrClO. The van der Waals surface area contributed by atoms with Gasteiger partial charge in [0.25, 0.3) is 0 Å². The molecule has 0 saturated heterocycles. The summed E-state index contributed by atoms with van der Waals surface area (Å²) in [7, 11) is 0. The fourth-order valence-electron chi connectivity index (χ4n) is 1.08. The van der Waals surface area contributed by atoms with Crippen molar-refractivity contribution in [1.29, 1.82) is 0 Å². The number of halogens is 2. The standard InChI is InChI=1S/C9H10BrClO/c1-9(2,12)8-6(10)4-3-5-7(8)11/h3-5,12H,1-2H3. The fourth-order valence-corrected chi connectivity index (χ4v) is 2.45. The fraction of sp³-hybridized carbons (Fsp3) is 0.333. The summed E-state index contributed by atoms with van der Waals surface area (Å²) in [5.74, 6) is 0. The van der Waals surface area contributed by atoms with Crippen molar-refractivity contribution in [2.45, 2.75) is 19.4 Å². The van der Waals surface area contributed by atoms with Crippen LogP contribution < -0.4 is 0 Å². The van der Waals surface area contributed by atoms with Gasteiger partial charge < -0.3 is 5.11 Å². The van der Waals surface area contributed by atoms with Crippen molar-refractivity contribution in [3.8, 4) is 0 Å². The number of rotatable bonds is 1. The van der Waals surface area contributed by atoms with E-state index < -0.39 is 5.60 Å². The Labute approximate surface area is 85.5 Å². The van der Waals surface area contributed by atoms with Crippen LogP contribution in [-0.2, 0) is 5.60 Å². The largest absolute Gasteiger partial charge is 0.386 e. The van der Waals surface area contributed by atoms with Crippen molar-refractivity contribution < 1.29 is 5.11 Å². The lowest BCUT2D eigenvalue weighted by Crippen LogP contribution is -2.16. The Hall–Kier alpha value is -0.0500. The normalized spacial score (nSPS) is 11.8. The minimum atomic E-state index is -0.906. The topological polar surface area (TPSA) is 20.2 Å². The number of benzene rings is 1. The maximum atomic E-state index is 9.74. The SMILES string of the molecule is CC(C)(O)c1c(Cl)cccc1Br. The minimum Gasteiger partial charge on any atom is -0.386 e. The zero-order chi connectivity index (χ0) is 9.35. The maximum Gasteiger partial charge on any atom is 0.0865 e. The number of hydrogen-bond donors (Lipinski definition) is 1. The molecule has 12 heavy (non-hydrogen) atoms. The summed E-state index contributed by atoms with van der Waals surface area (Å²) >= 11 is 9.26. The van der Waals surface area contributed by atoms with Crippen molar-refractivity contribution in [1.82, 2.24) is 0 Å². The monoisotopic (exact) mass is 248 g/mol. The van der Waals surface area contributed by atoms with Crippen molar-refractivity contribution >= 4 is 27.5 Å². The van der Waals surface area contributed by atoms with Gasteiger partial charge in [-0.25, -0.2) is 0 Å². The maximum absolute atomic E-state index is 9.74. The van der Waals surface area contributed by atoms with Gasteiger partial charge in [-0.15, -0.1) is 0 Å². The molecule has 0 heterocycles. The molecule has 0 aliphatic heterocycles. The molecule has 0 fully saturated rings. The van der Waals surface area contributed by atoms with Gasteiger partial charge in [-0.05, 0) is 26.0 Å². The summed E-state index contributed by atoms with van der Waals surface area (Å²) in [5.41, 5.74) is -0.177. The lowest BCUT2D eigenvalue weighted by Gasteiger charge is -2.20. The molecular weight excluding hydrogens is 239 g/mol. The molecule has 0 saturated carbocycles.